The van der Waals surface area contributed by atoms with Crippen LogP contribution in [0.5, 0.6) is 5.75 Å². The van der Waals surface area contributed by atoms with E-state index >= 15 is 0 Å². The Morgan fingerprint density at radius 2 is 1.97 bits per heavy atom. The number of benzene rings is 1. The number of nitrogens with zero attached hydrogens (tertiary/aromatic N) is 5. The summed E-state index contributed by atoms with van der Waals surface area (Å²) in [5.74, 6) is 2.12. The number of thioether (sulfide) groups is 1. The number of aryl methyl sites for hydroxylation is 1. The largest absolute Gasteiger partial charge is 0.490 e. The first-order chi connectivity index (χ1) is 14.1. The van der Waals surface area contributed by atoms with Crippen molar-refractivity contribution in [1.29, 1.82) is 10.5 Å². The molecule has 8 heteroatoms. The zero-order chi connectivity index (χ0) is 20.8. The van der Waals surface area contributed by atoms with Gasteiger partial charge in [-0.05, 0) is 17.7 Å². The molecule has 0 atom stereocenters. The predicted molar refractivity (Wildman–Crippen MR) is 112 cm³/mol. The molecule has 0 saturated heterocycles. The fraction of sp³-hybridized carbons (Fsp3) is 0.143. The summed E-state index contributed by atoms with van der Waals surface area (Å²) in [6.45, 7) is 4.01. The molecule has 0 unspecified atom stereocenters. The summed E-state index contributed by atoms with van der Waals surface area (Å²) in [5, 5.41) is 19.9. The summed E-state index contributed by atoms with van der Waals surface area (Å²) < 4.78 is 7.40. The summed E-state index contributed by atoms with van der Waals surface area (Å²) in [5.41, 5.74) is 7.72. The number of hydrogen-bond donors (Lipinski definition) is 1. The lowest BCUT2D eigenvalue weighted by Gasteiger charge is -2.13. The van der Waals surface area contributed by atoms with E-state index in [2.05, 4.69) is 28.7 Å². The molecule has 2 aromatic heterocycles. The molecule has 1 aromatic carbocycles. The molecule has 0 aliphatic rings. The predicted octanol–water partition coefficient (Wildman–Crippen LogP) is 3.66. The number of hydrogen-bond acceptors (Lipinski definition) is 7. The summed E-state index contributed by atoms with van der Waals surface area (Å²) in [4.78, 5) is 8.60. The van der Waals surface area contributed by atoms with Crippen LogP contribution < -0.4 is 10.5 Å². The van der Waals surface area contributed by atoms with E-state index in [-0.39, 0.29) is 11.4 Å². The Bertz CT molecular complexity index is 1120. The Balaban J connectivity index is 2.04. The first kappa shape index (κ1) is 20.0. The zero-order valence-corrected chi connectivity index (χ0v) is 16.6. The van der Waals surface area contributed by atoms with Gasteiger partial charge in [0.1, 0.15) is 46.7 Å². The molecule has 29 heavy (non-hydrogen) atoms. The minimum atomic E-state index is 0.0934. The number of aromatic nitrogens is 3. The molecule has 2 heterocycles. The number of nitrogens with two attached hydrogens (primary N) is 1. The third-order valence-electron chi connectivity index (χ3n) is 4.19. The fourth-order valence-electron chi connectivity index (χ4n) is 2.73. The van der Waals surface area contributed by atoms with Gasteiger partial charge in [-0.25, -0.2) is 9.97 Å². The monoisotopic (exact) mass is 402 g/mol. The van der Waals surface area contributed by atoms with E-state index in [0.717, 1.165) is 5.82 Å². The highest BCUT2D eigenvalue weighted by Crippen LogP contribution is 2.36. The van der Waals surface area contributed by atoms with Crippen molar-refractivity contribution in [2.24, 2.45) is 7.05 Å². The summed E-state index contributed by atoms with van der Waals surface area (Å²) >= 11 is 1.36. The van der Waals surface area contributed by atoms with Gasteiger partial charge in [0.15, 0.2) is 0 Å². The number of rotatable bonds is 7. The van der Waals surface area contributed by atoms with Crippen molar-refractivity contribution in [2.45, 2.75) is 10.8 Å². The van der Waals surface area contributed by atoms with Crippen molar-refractivity contribution < 1.29 is 4.74 Å². The van der Waals surface area contributed by atoms with Gasteiger partial charge in [0.2, 0.25) is 0 Å². The number of nitrogen functional groups attached to an aromatic ring is 1. The van der Waals surface area contributed by atoms with Gasteiger partial charge >= 0.3 is 0 Å². The number of nitriles is 2. The van der Waals surface area contributed by atoms with E-state index in [1.54, 1.807) is 36.5 Å². The smallest absolute Gasteiger partial charge is 0.143 e. The van der Waals surface area contributed by atoms with Crippen LogP contribution in [0, 0.1) is 22.7 Å². The summed E-state index contributed by atoms with van der Waals surface area (Å²) in [6, 6.07) is 11.4. The third kappa shape index (κ3) is 4.23. The quantitative estimate of drug-likeness (QED) is 0.474. The van der Waals surface area contributed by atoms with Gasteiger partial charge in [-0.2, -0.15) is 10.5 Å². The summed E-state index contributed by atoms with van der Waals surface area (Å²) in [6.07, 6.45) is 5.22. The molecule has 144 valence electrons. The number of ether oxygens (including phenoxy) is 1. The van der Waals surface area contributed by atoms with Crippen molar-refractivity contribution in [3.05, 3.63) is 66.3 Å². The Kier molecular flexibility index (Phi) is 6.18. The minimum Gasteiger partial charge on any atom is -0.490 e. The lowest BCUT2D eigenvalue weighted by molar-refractivity contribution is 0.363. The number of pyridine rings is 1. The molecule has 3 rings (SSSR count). The van der Waals surface area contributed by atoms with Gasteiger partial charge in [-0.1, -0.05) is 36.5 Å². The first-order valence-electron chi connectivity index (χ1n) is 8.65. The second-order valence-electron chi connectivity index (χ2n) is 6.02. The van der Waals surface area contributed by atoms with Crippen molar-refractivity contribution in [3.8, 4) is 29.0 Å². The molecule has 3 aromatic rings. The van der Waals surface area contributed by atoms with Gasteiger partial charge in [-0.3, -0.25) is 0 Å². The SMILES string of the molecule is C=CCOc1ccc(-c2c(C#N)c(N)nc(SCc3nccn3C)c2C#N)cc1. The molecule has 2 N–H and O–H groups in total. The molecule has 0 aliphatic heterocycles. The van der Waals surface area contributed by atoms with Crippen LogP contribution >= 0.6 is 11.8 Å². The highest BCUT2D eigenvalue weighted by Gasteiger charge is 2.21. The molecular formula is C21H18N6OS. The Labute approximate surface area is 173 Å². The van der Waals surface area contributed by atoms with Crippen LogP contribution in [-0.2, 0) is 12.8 Å². The molecule has 0 amide bonds. The molecule has 0 aliphatic carbocycles. The van der Waals surface area contributed by atoms with E-state index in [0.29, 0.717) is 39.8 Å². The topological polar surface area (TPSA) is 114 Å². The average Bonchev–Trinajstić information content (AvgIpc) is 3.15. The fourth-order valence-corrected chi connectivity index (χ4v) is 3.73. The standard InChI is InChI=1S/C21H18N6OS/c1-3-10-28-15-6-4-14(5-7-15)19-16(11-22)20(24)26-21(17(19)12-23)29-13-18-25-8-9-27(18)2/h3-9H,1,10,13H2,2H3,(H2,24,26). The normalized spacial score (nSPS) is 10.2. The van der Waals surface area contributed by atoms with Gasteiger partial charge in [0.25, 0.3) is 0 Å². The van der Waals surface area contributed by atoms with E-state index in [9.17, 15) is 10.5 Å². The first-order valence-corrected chi connectivity index (χ1v) is 9.64. The van der Waals surface area contributed by atoms with E-state index < -0.39 is 0 Å². The number of imidazole rings is 1. The van der Waals surface area contributed by atoms with Crippen LogP contribution in [0.4, 0.5) is 5.82 Å². The number of anilines is 1. The van der Waals surface area contributed by atoms with Crippen molar-refractivity contribution in [1.82, 2.24) is 14.5 Å². The van der Waals surface area contributed by atoms with Crippen molar-refractivity contribution >= 4 is 17.6 Å². The Morgan fingerprint density at radius 1 is 1.24 bits per heavy atom. The van der Waals surface area contributed by atoms with Gasteiger partial charge in [0, 0.05) is 25.0 Å². The Hall–Kier alpha value is -3.75. The lowest BCUT2D eigenvalue weighted by atomic mass is 9.97. The maximum atomic E-state index is 9.84. The maximum absolute atomic E-state index is 9.84. The van der Waals surface area contributed by atoms with E-state index in [1.165, 1.54) is 11.8 Å². The van der Waals surface area contributed by atoms with Gasteiger partial charge in [-0.15, -0.1) is 0 Å². The molecule has 0 fully saturated rings. The third-order valence-corrected chi connectivity index (χ3v) is 5.16. The second kappa shape index (κ2) is 8.96. The van der Waals surface area contributed by atoms with Crippen LogP contribution in [0.3, 0.4) is 0 Å². The summed E-state index contributed by atoms with van der Waals surface area (Å²) in [7, 11) is 1.90. The molecule has 0 saturated carbocycles. The van der Waals surface area contributed by atoms with E-state index in [4.69, 9.17) is 10.5 Å². The highest BCUT2D eigenvalue weighted by molar-refractivity contribution is 7.98. The van der Waals surface area contributed by atoms with Crippen LogP contribution in [0.25, 0.3) is 11.1 Å². The van der Waals surface area contributed by atoms with Crippen molar-refractivity contribution in [2.75, 3.05) is 12.3 Å². The average molecular weight is 402 g/mol. The van der Waals surface area contributed by atoms with E-state index in [1.807, 2.05) is 17.8 Å². The van der Waals surface area contributed by atoms with Gasteiger partial charge < -0.3 is 15.0 Å². The second-order valence-corrected chi connectivity index (χ2v) is 6.98. The van der Waals surface area contributed by atoms with Crippen LogP contribution in [0.15, 0.2) is 54.3 Å². The molecule has 0 bridgehead atoms. The minimum absolute atomic E-state index is 0.0934. The molecule has 0 spiro atoms. The molecular weight excluding hydrogens is 384 g/mol. The Morgan fingerprint density at radius 3 is 2.55 bits per heavy atom. The highest BCUT2D eigenvalue weighted by atomic mass is 32.2. The molecule has 0 radical (unpaired) electrons. The van der Waals surface area contributed by atoms with Crippen LogP contribution in [0.2, 0.25) is 0 Å². The lowest BCUT2D eigenvalue weighted by Crippen LogP contribution is -2.04. The van der Waals surface area contributed by atoms with Crippen molar-refractivity contribution in [3.63, 3.8) is 0 Å². The maximum Gasteiger partial charge on any atom is 0.143 e. The zero-order valence-electron chi connectivity index (χ0n) is 15.8. The van der Waals surface area contributed by atoms with Crippen LogP contribution in [-0.4, -0.2) is 21.1 Å². The van der Waals surface area contributed by atoms with Gasteiger partial charge in [0.05, 0.1) is 11.3 Å². The molecule has 7 nitrogen and oxygen atoms in total. The van der Waals surface area contributed by atoms with Crippen LogP contribution in [0.1, 0.15) is 17.0 Å².